The zero-order valence-corrected chi connectivity index (χ0v) is 10.3. The second-order valence-corrected chi connectivity index (χ2v) is 4.87. The summed E-state index contributed by atoms with van der Waals surface area (Å²) in [6.45, 7) is 9.41. The predicted molar refractivity (Wildman–Crippen MR) is 67.3 cm³/mol. The average molecular weight is 221 g/mol. The Morgan fingerprint density at radius 1 is 1.38 bits per heavy atom. The molecule has 0 radical (unpaired) electrons. The maximum absolute atomic E-state index is 5.48. The molecule has 0 aromatic carbocycles. The van der Waals surface area contributed by atoms with Crippen molar-refractivity contribution in [3.05, 3.63) is 0 Å². The summed E-state index contributed by atoms with van der Waals surface area (Å²) in [5.74, 6) is 2.83. The van der Waals surface area contributed by atoms with Crippen LogP contribution in [0.25, 0.3) is 0 Å². The number of nitrogens with zero attached hydrogens (tertiary/aromatic N) is 2. The van der Waals surface area contributed by atoms with E-state index in [2.05, 4.69) is 28.0 Å². The third-order valence-electron chi connectivity index (χ3n) is 3.78. The maximum atomic E-state index is 5.48. The topological polar surface area (TPSA) is 18.5 Å². The van der Waals surface area contributed by atoms with Crippen molar-refractivity contribution in [2.24, 2.45) is 0 Å². The van der Waals surface area contributed by atoms with E-state index in [0.29, 0.717) is 12.1 Å². The molecule has 3 saturated heterocycles. The first kappa shape index (κ1) is 11.9. The molecule has 3 heterocycles. The maximum Gasteiger partial charge on any atom is 0.0386 e. The van der Waals surface area contributed by atoms with Crippen molar-refractivity contribution in [1.29, 1.82) is 0 Å². The van der Waals surface area contributed by atoms with E-state index in [0.717, 1.165) is 13.0 Å². The molecule has 3 fully saturated rings. The highest BCUT2D eigenvalue weighted by Gasteiger charge is 2.35. The van der Waals surface area contributed by atoms with Crippen molar-refractivity contribution in [3.63, 3.8) is 0 Å². The van der Waals surface area contributed by atoms with Gasteiger partial charge in [-0.15, -0.1) is 12.3 Å². The highest BCUT2D eigenvalue weighted by Crippen LogP contribution is 2.19. The van der Waals surface area contributed by atoms with Crippen molar-refractivity contribution in [3.8, 4) is 12.3 Å². The summed E-state index contributed by atoms with van der Waals surface area (Å²) in [5, 5.41) is 3.61. The van der Waals surface area contributed by atoms with Crippen LogP contribution in [0.2, 0.25) is 0 Å². The number of hydrogen-bond acceptors (Lipinski definition) is 3. The van der Waals surface area contributed by atoms with Crippen LogP contribution in [0.5, 0.6) is 0 Å². The summed E-state index contributed by atoms with van der Waals surface area (Å²) in [4.78, 5) is 5.19. The van der Waals surface area contributed by atoms with Gasteiger partial charge in [-0.1, -0.05) is 6.92 Å². The molecule has 2 unspecified atom stereocenters. The van der Waals surface area contributed by atoms with Gasteiger partial charge in [0.15, 0.2) is 0 Å². The van der Waals surface area contributed by atoms with E-state index >= 15 is 0 Å². The third kappa shape index (κ3) is 2.57. The first-order valence-corrected chi connectivity index (χ1v) is 6.48. The lowest BCUT2D eigenvalue weighted by atomic mass is 9.97. The number of terminal acetylenes is 1. The van der Waals surface area contributed by atoms with Crippen LogP contribution in [0.4, 0.5) is 0 Å². The predicted octanol–water partition coefficient (Wildman–Crippen LogP) is 0.378. The Bertz CT molecular complexity index is 250. The highest BCUT2D eigenvalue weighted by atomic mass is 15.4. The summed E-state index contributed by atoms with van der Waals surface area (Å²) in [6.07, 6.45) is 7.52. The highest BCUT2D eigenvalue weighted by molar-refractivity contribution is 5.00. The molecule has 16 heavy (non-hydrogen) atoms. The lowest BCUT2D eigenvalue weighted by Gasteiger charge is -2.50. The van der Waals surface area contributed by atoms with Crippen LogP contribution >= 0.6 is 0 Å². The standard InChI is InChI=1S/C13H23N3/c1-3-5-12(14-6-4-2)13-11-15-7-9-16(13)10-8-15/h1,12-14H,4-11H2,2H3. The van der Waals surface area contributed by atoms with Gasteiger partial charge in [-0.05, 0) is 13.0 Å². The number of fused-ring (bicyclic) bond motifs is 3. The molecule has 2 bridgehead atoms. The fraction of sp³-hybridized carbons (Fsp3) is 0.846. The fourth-order valence-electron chi connectivity index (χ4n) is 2.84. The molecule has 0 amide bonds. The molecule has 0 aromatic rings. The normalized spacial score (nSPS) is 34.6. The Balaban J connectivity index is 1.94. The summed E-state index contributed by atoms with van der Waals surface area (Å²) < 4.78 is 0. The molecule has 90 valence electrons. The zero-order valence-electron chi connectivity index (χ0n) is 10.3. The average Bonchev–Trinajstić information content (AvgIpc) is 2.36. The molecule has 3 heteroatoms. The first-order valence-electron chi connectivity index (χ1n) is 6.48. The smallest absolute Gasteiger partial charge is 0.0386 e. The molecule has 3 aliphatic heterocycles. The lowest BCUT2D eigenvalue weighted by molar-refractivity contribution is -0.00238. The SMILES string of the molecule is C#CCC(NCCC)C1CN2CCN1CC2. The van der Waals surface area contributed by atoms with Crippen LogP contribution in [0.15, 0.2) is 0 Å². The van der Waals surface area contributed by atoms with Crippen molar-refractivity contribution in [2.45, 2.75) is 31.8 Å². The molecule has 1 N–H and O–H groups in total. The Morgan fingerprint density at radius 2 is 2.12 bits per heavy atom. The van der Waals surface area contributed by atoms with Gasteiger partial charge in [-0.2, -0.15) is 0 Å². The van der Waals surface area contributed by atoms with Crippen LogP contribution in [0.3, 0.4) is 0 Å². The van der Waals surface area contributed by atoms with E-state index in [1.807, 2.05) is 0 Å². The molecule has 0 saturated carbocycles. The molecular weight excluding hydrogens is 198 g/mol. The molecule has 0 aromatic heterocycles. The van der Waals surface area contributed by atoms with E-state index < -0.39 is 0 Å². The van der Waals surface area contributed by atoms with Gasteiger partial charge >= 0.3 is 0 Å². The van der Waals surface area contributed by atoms with Gasteiger partial charge in [-0.25, -0.2) is 0 Å². The fourth-order valence-corrected chi connectivity index (χ4v) is 2.84. The van der Waals surface area contributed by atoms with Gasteiger partial charge in [-0.3, -0.25) is 9.80 Å². The Hall–Kier alpha value is -0.560. The van der Waals surface area contributed by atoms with E-state index in [9.17, 15) is 0 Å². The van der Waals surface area contributed by atoms with E-state index in [1.54, 1.807) is 0 Å². The second kappa shape index (κ2) is 5.67. The van der Waals surface area contributed by atoms with Crippen LogP contribution in [0, 0.1) is 12.3 Å². The monoisotopic (exact) mass is 221 g/mol. The summed E-state index contributed by atoms with van der Waals surface area (Å²) in [5.41, 5.74) is 0. The lowest BCUT2D eigenvalue weighted by Crippen LogP contribution is -2.66. The Labute approximate surface area is 99.2 Å². The molecular formula is C13H23N3. The minimum atomic E-state index is 0.480. The van der Waals surface area contributed by atoms with Crippen LogP contribution in [0.1, 0.15) is 19.8 Å². The summed E-state index contributed by atoms with van der Waals surface area (Å²) in [6, 6.07) is 1.11. The molecule has 3 aliphatic rings. The Morgan fingerprint density at radius 3 is 2.62 bits per heavy atom. The van der Waals surface area contributed by atoms with Gasteiger partial charge in [0, 0.05) is 51.2 Å². The largest absolute Gasteiger partial charge is 0.311 e. The van der Waals surface area contributed by atoms with Gasteiger partial charge in [0.25, 0.3) is 0 Å². The van der Waals surface area contributed by atoms with Gasteiger partial charge in [0.05, 0.1) is 0 Å². The van der Waals surface area contributed by atoms with E-state index in [4.69, 9.17) is 6.42 Å². The number of rotatable bonds is 5. The third-order valence-corrected chi connectivity index (χ3v) is 3.78. The zero-order chi connectivity index (χ0) is 11.4. The molecule has 0 spiro atoms. The summed E-state index contributed by atoms with van der Waals surface area (Å²) >= 11 is 0. The van der Waals surface area contributed by atoms with Crippen LogP contribution in [-0.2, 0) is 0 Å². The van der Waals surface area contributed by atoms with Crippen molar-refractivity contribution < 1.29 is 0 Å². The Kier molecular flexibility index (Phi) is 4.22. The minimum absolute atomic E-state index is 0.480. The van der Waals surface area contributed by atoms with E-state index in [-0.39, 0.29) is 0 Å². The quantitative estimate of drug-likeness (QED) is 0.677. The van der Waals surface area contributed by atoms with Gasteiger partial charge in [0.1, 0.15) is 0 Å². The first-order chi connectivity index (χ1) is 7.85. The van der Waals surface area contributed by atoms with E-state index in [1.165, 1.54) is 39.1 Å². The molecule has 3 nitrogen and oxygen atoms in total. The second-order valence-electron chi connectivity index (χ2n) is 4.87. The van der Waals surface area contributed by atoms with Crippen LogP contribution < -0.4 is 5.32 Å². The number of hydrogen-bond donors (Lipinski definition) is 1. The summed E-state index contributed by atoms with van der Waals surface area (Å²) in [7, 11) is 0. The van der Waals surface area contributed by atoms with Gasteiger partial charge < -0.3 is 5.32 Å². The van der Waals surface area contributed by atoms with Crippen molar-refractivity contribution >= 4 is 0 Å². The number of nitrogens with one attached hydrogen (secondary N) is 1. The van der Waals surface area contributed by atoms with Crippen molar-refractivity contribution in [1.82, 2.24) is 15.1 Å². The van der Waals surface area contributed by atoms with Crippen LogP contribution in [-0.4, -0.2) is 61.2 Å². The van der Waals surface area contributed by atoms with Gasteiger partial charge in [0.2, 0.25) is 0 Å². The van der Waals surface area contributed by atoms with Crippen molar-refractivity contribution in [2.75, 3.05) is 39.3 Å². The molecule has 0 aliphatic carbocycles. The molecule has 3 rings (SSSR count). The number of piperazine rings is 3. The molecule has 2 atom stereocenters. The minimum Gasteiger partial charge on any atom is -0.311 e.